The molecule has 0 saturated carbocycles. The summed E-state index contributed by atoms with van der Waals surface area (Å²) in [6.07, 6.45) is 5.20. The van der Waals surface area contributed by atoms with Gasteiger partial charge in [-0.15, -0.1) is 6.58 Å². The predicted octanol–water partition coefficient (Wildman–Crippen LogP) is 4.68. The van der Waals surface area contributed by atoms with Crippen molar-refractivity contribution in [2.75, 3.05) is 7.11 Å². The monoisotopic (exact) mass is 436 g/mol. The molecule has 2 amide bonds. The fraction of sp³-hybridized carbons (Fsp3) is 0.174. The Morgan fingerprint density at radius 1 is 1.26 bits per heavy atom. The van der Waals surface area contributed by atoms with Crippen LogP contribution in [-0.2, 0) is 16.1 Å². The Hall–Kier alpha value is -3.52. The van der Waals surface area contributed by atoms with Gasteiger partial charge in [0.1, 0.15) is 5.76 Å². The predicted molar refractivity (Wildman–Crippen MR) is 119 cm³/mol. The number of thioether (sulfide) groups is 1. The number of esters is 1. The Labute approximate surface area is 182 Å². The first-order valence-electron chi connectivity index (χ1n) is 9.57. The highest BCUT2D eigenvalue weighted by Gasteiger charge is 2.37. The zero-order chi connectivity index (χ0) is 22.1. The number of para-hydroxylation sites is 1. The third kappa shape index (κ3) is 3.82. The molecule has 31 heavy (non-hydrogen) atoms. The maximum Gasteiger partial charge on any atom is 0.373 e. The second-order valence-corrected chi connectivity index (χ2v) is 8.01. The Balaban J connectivity index is 1.69. The van der Waals surface area contributed by atoms with E-state index in [9.17, 15) is 14.4 Å². The van der Waals surface area contributed by atoms with Crippen molar-refractivity contribution < 1.29 is 23.5 Å². The lowest BCUT2D eigenvalue weighted by Gasteiger charge is -2.17. The molecule has 0 N–H and O–H groups in total. The highest BCUT2D eigenvalue weighted by molar-refractivity contribution is 8.18. The van der Waals surface area contributed by atoms with E-state index < -0.39 is 5.97 Å². The highest BCUT2D eigenvalue weighted by Crippen LogP contribution is 2.35. The quantitative estimate of drug-likeness (QED) is 0.317. The van der Waals surface area contributed by atoms with Gasteiger partial charge in [0, 0.05) is 22.7 Å². The Bertz CT molecular complexity index is 1240. The van der Waals surface area contributed by atoms with Crippen LogP contribution in [0.3, 0.4) is 0 Å². The number of nitrogens with zero attached hydrogens (tertiary/aromatic N) is 2. The van der Waals surface area contributed by atoms with Crippen LogP contribution in [0.2, 0.25) is 0 Å². The summed E-state index contributed by atoms with van der Waals surface area (Å²) in [7, 11) is 1.30. The fourth-order valence-corrected chi connectivity index (χ4v) is 4.35. The van der Waals surface area contributed by atoms with Gasteiger partial charge in [0.15, 0.2) is 0 Å². The molecule has 1 aromatic carbocycles. The molecule has 1 aliphatic rings. The van der Waals surface area contributed by atoms with Gasteiger partial charge in [-0.1, -0.05) is 24.3 Å². The number of methoxy groups -OCH3 is 1. The minimum atomic E-state index is -0.534. The maximum absolute atomic E-state index is 12.8. The number of amides is 2. The number of furan rings is 1. The van der Waals surface area contributed by atoms with Crippen LogP contribution in [-0.4, -0.2) is 39.7 Å². The second kappa shape index (κ2) is 8.31. The Morgan fingerprint density at radius 3 is 2.77 bits per heavy atom. The number of imide groups is 1. The molecule has 1 saturated heterocycles. The van der Waals surface area contributed by atoms with Crippen LogP contribution in [0.1, 0.15) is 28.8 Å². The molecule has 4 rings (SSSR count). The normalized spacial score (nSPS) is 16.3. The zero-order valence-electron chi connectivity index (χ0n) is 17.0. The van der Waals surface area contributed by atoms with Crippen LogP contribution in [0.4, 0.5) is 4.79 Å². The molecule has 0 unspecified atom stereocenters. The molecule has 0 radical (unpaired) electrons. The third-order valence-corrected chi connectivity index (χ3v) is 5.94. The number of hydrogen-bond acceptors (Lipinski definition) is 6. The van der Waals surface area contributed by atoms with Crippen molar-refractivity contribution in [3.05, 3.63) is 77.2 Å². The molecular weight excluding hydrogens is 416 g/mol. The van der Waals surface area contributed by atoms with Gasteiger partial charge in [0.25, 0.3) is 11.1 Å². The number of carbonyl (C=O) groups is 3. The van der Waals surface area contributed by atoms with E-state index in [-0.39, 0.29) is 22.9 Å². The minimum absolute atomic E-state index is 0.138. The van der Waals surface area contributed by atoms with E-state index in [0.29, 0.717) is 17.2 Å². The molecule has 2 aromatic heterocycles. The fourth-order valence-electron chi connectivity index (χ4n) is 3.44. The van der Waals surface area contributed by atoms with Crippen LogP contribution < -0.4 is 0 Å². The molecule has 3 heterocycles. The van der Waals surface area contributed by atoms with Crippen molar-refractivity contribution >= 4 is 45.9 Å². The van der Waals surface area contributed by atoms with Crippen molar-refractivity contribution in [1.82, 2.24) is 9.47 Å². The van der Waals surface area contributed by atoms with Crippen molar-refractivity contribution in [2.24, 2.45) is 0 Å². The maximum atomic E-state index is 12.8. The summed E-state index contributed by atoms with van der Waals surface area (Å²) in [6, 6.07) is 10.7. The van der Waals surface area contributed by atoms with Gasteiger partial charge < -0.3 is 13.7 Å². The summed E-state index contributed by atoms with van der Waals surface area (Å²) < 4.78 is 12.2. The van der Waals surface area contributed by atoms with Crippen LogP contribution in [0, 0.1) is 0 Å². The van der Waals surface area contributed by atoms with Crippen molar-refractivity contribution in [3.8, 4) is 0 Å². The van der Waals surface area contributed by atoms with Gasteiger partial charge in [0.05, 0.1) is 24.6 Å². The highest BCUT2D eigenvalue weighted by atomic mass is 32.2. The Kier molecular flexibility index (Phi) is 5.56. The van der Waals surface area contributed by atoms with Crippen LogP contribution in [0.25, 0.3) is 17.0 Å². The Morgan fingerprint density at radius 2 is 2.03 bits per heavy atom. The molecule has 0 aliphatic carbocycles. The van der Waals surface area contributed by atoms with E-state index in [1.165, 1.54) is 12.0 Å². The summed E-state index contributed by atoms with van der Waals surface area (Å²) in [6.45, 7) is 5.81. The molecular formula is C23H20N2O5S. The van der Waals surface area contributed by atoms with Crippen molar-refractivity contribution in [1.29, 1.82) is 0 Å². The first kappa shape index (κ1) is 20.7. The molecule has 8 heteroatoms. The molecule has 7 nitrogen and oxygen atoms in total. The summed E-state index contributed by atoms with van der Waals surface area (Å²) in [5.74, 6) is -0.131. The van der Waals surface area contributed by atoms with E-state index in [1.54, 1.807) is 31.2 Å². The van der Waals surface area contributed by atoms with Gasteiger partial charge in [-0.2, -0.15) is 0 Å². The third-order valence-electron chi connectivity index (χ3n) is 5.05. The standard InChI is InChI=1S/C23H20N2O5S/c1-4-14(2)25-21(26)20(31-23(25)28)11-15-12-24(18-8-6-5-7-17(15)18)13-16-9-10-19(30-16)22(27)29-3/h4-12,14H,1,13H2,2-3H3/b20-11-/t14-/m0/s1. The number of hydrogen-bond donors (Lipinski definition) is 0. The van der Waals surface area contributed by atoms with E-state index in [4.69, 9.17) is 4.42 Å². The van der Waals surface area contributed by atoms with Gasteiger partial charge in [-0.05, 0) is 43.0 Å². The van der Waals surface area contributed by atoms with Crippen LogP contribution in [0.5, 0.6) is 0 Å². The molecule has 1 fully saturated rings. The summed E-state index contributed by atoms with van der Waals surface area (Å²) in [5.41, 5.74) is 1.75. The smallest absolute Gasteiger partial charge is 0.373 e. The van der Waals surface area contributed by atoms with E-state index in [1.807, 2.05) is 35.0 Å². The van der Waals surface area contributed by atoms with Crippen LogP contribution >= 0.6 is 11.8 Å². The molecule has 1 aliphatic heterocycles. The van der Waals surface area contributed by atoms with Gasteiger partial charge >= 0.3 is 5.97 Å². The molecule has 0 bridgehead atoms. The minimum Gasteiger partial charge on any atom is -0.463 e. The topological polar surface area (TPSA) is 81.8 Å². The molecule has 158 valence electrons. The summed E-state index contributed by atoms with van der Waals surface area (Å²) in [5, 5.41) is 0.629. The van der Waals surface area contributed by atoms with Gasteiger partial charge in [-0.25, -0.2) is 4.79 Å². The average Bonchev–Trinajstić information content (AvgIpc) is 3.45. The van der Waals surface area contributed by atoms with Crippen molar-refractivity contribution in [2.45, 2.75) is 19.5 Å². The molecule has 1 atom stereocenters. The largest absolute Gasteiger partial charge is 0.463 e. The first-order chi connectivity index (χ1) is 14.9. The van der Waals surface area contributed by atoms with Gasteiger partial charge in [-0.3, -0.25) is 14.5 Å². The lowest BCUT2D eigenvalue weighted by atomic mass is 10.1. The SMILES string of the molecule is C=C[C@H](C)N1C(=O)S/C(=C\c2cn(Cc3ccc(C(=O)OC)o3)c3ccccc23)C1=O. The number of benzene rings is 1. The average molecular weight is 436 g/mol. The number of ether oxygens (including phenoxy) is 1. The van der Waals surface area contributed by atoms with E-state index in [2.05, 4.69) is 11.3 Å². The van der Waals surface area contributed by atoms with Gasteiger partial charge in [0.2, 0.25) is 5.76 Å². The summed E-state index contributed by atoms with van der Waals surface area (Å²) >= 11 is 0.923. The van der Waals surface area contributed by atoms with Crippen LogP contribution in [0.15, 0.2) is 64.6 Å². The number of rotatable bonds is 6. The lowest BCUT2D eigenvalue weighted by molar-refractivity contribution is -0.123. The number of aromatic nitrogens is 1. The molecule has 3 aromatic rings. The second-order valence-electron chi connectivity index (χ2n) is 7.02. The zero-order valence-corrected chi connectivity index (χ0v) is 17.8. The summed E-state index contributed by atoms with van der Waals surface area (Å²) in [4.78, 5) is 38.3. The first-order valence-corrected chi connectivity index (χ1v) is 10.4. The number of fused-ring (bicyclic) bond motifs is 1. The van der Waals surface area contributed by atoms with E-state index >= 15 is 0 Å². The number of carbonyl (C=O) groups excluding carboxylic acids is 3. The lowest BCUT2D eigenvalue weighted by Crippen LogP contribution is -2.35. The molecule has 0 spiro atoms. The van der Waals surface area contributed by atoms with Crippen molar-refractivity contribution in [3.63, 3.8) is 0 Å². The van der Waals surface area contributed by atoms with E-state index in [0.717, 1.165) is 28.2 Å².